The fraction of sp³-hybridized carbons (Fsp3) is 0.263. The van der Waals surface area contributed by atoms with Gasteiger partial charge in [0.25, 0.3) is 5.91 Å². The number of rotatable bonds is 5. The third kappa shape index (κ3) is 5.34. The largest absolute Gasteiger partial charge is 0.383 e. The minimum absolute atomic E-state index is 0.329. The molecule has 0 aliphatic carbocycles. The van der Waals surface area contributed by atoms with E-state index in [0.29, 0.717) is 11.1 Å². The monoisotopic (exact) mass is 313 g/mol. The first-order chi connectivity index (χ1) is 11.1. The van der Waals surface area contributed by atoms with E-state index in [9.17, 15) is 14.7 Å². The average Bonchev–Trinajstić information content (AvgIpc) is 2.62. The van der Waals surface area contributed by atoms with Gasteiger partial charge in [0.1, 0.15) is 6.10 Å². The second kappa shape index (κ2) is 9.54. The maximum Gasteiger partial charge on any atom is 0.251 e. The molecule has 1 amide bonds. The van der Waals surface area contributed by atoms with E-state index in [1.807, 2.05) is 26.0 Å². The molecule has 0 radical (unpaired) electrons. The van der Waals surface area contributed by atoms with Crippen LogP contribution in [0.15, 0.2) is 60.7 Å². The zero-order valence-corrected chi connectivity index (χ0v) is 13.7. The number of carbonyl (C=O) groups excluding carboxylic acids is 2. The van der Waals surface area contributed by atoms with Gasteiger partial charge in [-0.3, -0.25) is 9.59 Å². The molecule has 0 aliphatic rings. The molecular formula is C19H23NO3. The van der Waals surface area contributed by atoms with E-state index in [2.05, 4.69) is 5.32 Å². The molecule has 4 nitrogen and oxygen atoms in total. The lowest BCUT2D eigenvalue weighted by molar-refractivity contribution is -0.126. The number of ketones is 1. The third-order valence-electron chi connectivity index (χ3n) is 3.21. The van der Waals surface area contributed by atoms with Gasteiger partial charge >= 0.3 is 0 Å². The number of Topliss-reactive ketones (excluding diaryl/α,β-unsaturated/α-hetero) is 1. The summed E-state index contributed by atoms with van der Waals surface area (Å²) in [6, 6.07) is 16.9. The van der Waals surface area contributed by atoms with Crippen molar-refractivity contribution in [2.45, 2.75) is 32.9 Å². The first-order valence-corrected chi connectivity index (χ1v) is 7.69. The standard InChI is InChI=1S/C17H17NO3.C2H6/c1-12(19)16(20)15(13-8-4-2-5-9-13)18-17(21)14-10-6-3-7-11-14;1-2/h2-11,15-16,20H,1H3,(H,18,21);1-2H3. The van der Waals surface area contributed by atoms with Crippen LogP contribution in [-0.4, -0.2) is 22.9 Å². The smallest absolute Gasteiger partial charge is 0.251 e. The summed E-state index contributed by atoms with van der Waals surface area (Å²) < 4.78 is 0. The Hall–Kier alpha value is -2.46. The number of aliphatic hydroxyl groups excluding tert-OH is 1. The second-order valence-corrected chi connectivity index (χ2v) is 4.78. The average molecular weight is 313 g/mol. The van der Waals surface area contributed by atoms with E-state index in [-0.39, 0.29) is 5.91 Å². The normalized spacial score (nSPS) is 12.3. The van der Waals surface area contributed by atoms with Gasteiger partial charge in [-0.25, -0.2) is 0 Å². The Balaban J connectivity index is 0.00000127. The summed E-state index contributed by atoms with van der Waals surface area (Å²) in [5.74, 6) is -0.720. The lowest BCUT2D eigenvalue weighted by Crippen LogP contribution is -2.39. The van der Waals surface area contributed by atoms with E-state index < -0.39 is 17.9 Å². The summed E-state index contributed by atoms with van der Waals surface area (Å²) in [5, 5.41) is 12.8. The second-order valence-electron chi connectivity index (χ2n) is 4.78. The molecule has 23 heavy (non-hydrogen) atoms. The minimum Gasteiger partial charge on any atom is -0.383 e. The molecule has 0 bridgehead atoms. The van der Waals surface area contributed by atoms with Crippen LogP contribution < -0.4 is 5.32 Å². The van der Waals surface area contributed by atoms with Crippen molar-refractivity contribution in [1.82, 2.24) is 5.32 Å². The molecule has 0 saturated carbocycles. The van der Waals surface area contributed by atoms with E-state index in [1.54, 1.807) is 48.5 Å². The fourth-order valence-corrected chi connectivity index (χ4v) is 2.05. The van der Waals surface area contributed by atoms with Gasteiger partial charge in [-0.2, -0.15) is 0 Å². The summed E-state index contributed by atoms with van der Waals surface area (Å²) >= 11 is 0. The summed E-state index contributed by atoms with van der Waals surface area (Å²) in [5.41, 5.74) is 1.17. The lowest BCUT2D eigenvalue weighted by atomic mass is 9.98. The fourth-order valence-electron chi connectivity index (χ4n) is 2.05. The molecule has 0 saturated heterocycles. The van der Waals surface area contributed by atoms with Crippen LogP contribution in [0.4, 0.5) is 0 Å². The lowest BCUT2D eigenvalue weighted by Gasteiger charge is -2.23. The summed E-state index contributed by atoms with van der Waals surface area (Å²) in [6.45, 7) is 5.30. The van der Waals surface area contributed by atoms with Gasteiger partial charge in [0.2, 0.25) is 0 Å². The first-order valence-electron chi connectivity index (χ1n) is 7.69. The predicted molar refractivity (Wildman–Crippen MR) is 91.1 cm³/mol. The summed E-state index contributed by atoms with van der Waals surface area (Å²) in [6.07, 6.45) is -1.28. The van der Waals surface area contributed by atoms with Crippen LogP contribution in [-0.2, 0) is 4.79 Å². The number of nitrogens with one attached hydrogen (secondary N) is 1. The molecule has 2 aromatic carbocycles. The Morgan fingerprint density at radius 2 is 1.39 bits per heavy atom. The van der Waals surface area contributed by atoms with Crippen molar-refractivity contribution >= 4 is 11.7 Å². The van der Waals surface area contributed by atoms with Crippen LogP contribution in [0.2, 0.25) is 0 Å². The number of hydrogen-bond acceptors (Lipinski definition) is 3. The van der Waals surface area contributed by atoms with Crippen molar-refractivity contribution < 1.29 is 14.7 Å². The van der Waals surface area contributed by atoms with Crippen LogP contribution >= 0.6 is 0 Å². The highest BCUT2D eigenvalue weighted by atomic mass is 16.3. The SMILES string of the molecule is CC.CC(=O)C(O)C(NC(=O)c1ccccc1)c1ccccc1. The highest BCUT2D eigenvalue weighted by molar-refractivity contribution is 5.95. The van der Waals surface area contributed by atoms with Crippen LogP contribution in [0.1, 0.15) is 42.7 Å². The highest BCUT2D eigenvalue weighted by Gasteiger charge is 2.26. The molecule has 0 fully saturated rings. The van der Waals surface area contributed by atoms with Crippen molar-refractivity contribution in [3.8, 4) is 0 Å². The van der Waals surface area contributed by atoms with Gasteiger partial charge in [-0.05, 0) is 24.6 Å². The Morgan fingerprint density at radius 3 is 1.87 bits per heavy atom. The Morgan fingerprint density at radius 1 is 0.913 bits per heavy atom. The molecule has 0 spiro atoms. The Kier molecular flexibility index (Phi) is 7.71. The third-order valence-corrected chi connectivity index (χ3v) is 3.21. The molecular weight excluding hydrogens is 290 g/mol. The molecule has 0 heterocycles. The Bertz CT molecular complexity index is 611. The number of carbonyl (C=O) groups is 2. The van der Waals surface area contributed by atoms with E-state index >= 15 is 0 Å². The van der Waals surface area contributed by atoms with Gasteiger partial charge < -0.3 is 10.4 Å². The van der Waals surface area contributed by atoms with Gasteiger partial charge in [0.05, 0.1) is 6.04 Å². The van der Waals surface area contributed by atoms with Crippen molar-refractivity contribution in [3.63, 3.8) is 0 Å². The van der Waals surface area contributed by atoms with Gasteiger partial charge in [0.15, 0.2) is 5.78 Å². The number of hydrogen-bond donors (Lipinski definition) is 2. The van der Waals surface area contributed by atoms with Gasteiger partial charge in [0, 0.05) is 5.56 Å². The van der Waals surface area contributed by atoms with E-state index in [1.165, 1.54) is 6.92 Å². The topological polar surface area (TPSA) is 66.4 Å². The summed E-state index contributed by atoms with van der Waals surface area (Å²) in [7, 11) is 0. The molecule has 4 heteroatoms. The quantitative estimate of drug-likeness (QED) is 0.891. The van der Waals surface area contributed by atoms with Crippen molar-refractivity contribution in [2.75, 3.05) is 0 Å². The predicted octanol–water partition coefficient (Wildman–Crippen LogP) is 3.13. The van der Waals surface area contributed by atoms with Gasteiger partial charge in [-0.15, -0.1) is 0 Å². The maximum absolute atomic E-state index is 12.2. The number of amides is 1. The highest BCUT2D eigenvalue weighted by Crippen LogP contribution is 2.18. The Labute approximate surface area is 137 Å². The number of aliphatic hydroxyl groups is 1. The maximum atomic E-state index is 12.2. The molecule has 2 unspecified atom stereocenters. The molecule has 2 N–H and O–H groups in total. The zero-order chi connectivity index (χ0) is 17.2. The minimum atomic E-state index is -1.28. The van der Waals surface area contributed by atoms with E-state index in [4.69, 9.17) is 0 Å². The zero-order valence-electron chi connectivity index (χ0n) is 13.7. The molecule has 0 aromatic heterocycles. The molecule has 2 rings (SSSR count). The molecule has 2 aromatic rings. The van der Waals surface area contributed by atoms with Crippen LogP contribution in [0.5, 0.6) is 0 Å². The molecule has 122 valence electrons. The first kappa shape index (κ1) is 18.6. The van der Waals surface area contributed by atoms with E-state index in [0.717, 1.165) is 0 Å². The van der Waals surface area contributed by atoms with Crippen LogP contribution in [0.25, 0.3) is 0 Å². The summed E-state index contributed by atoms with van der Waals surface area (Å²) in [4.78, 5) is 23.7. The van der Waals surface area contributed by atoms with Crippen LogP contribution in [0.3, 0.4) is 0 Å². The molecule has 0 aliphatic heterocycles. The van der Waals surface area contributed by atoms with Crippen molar-refractivity contribution in [1.29, 1.82) is 0 Å². The molecule has 2 atom stereocenters. The van der Waals surface area contributed by atoms with Crippen molar-refractivity contribution in [3.05, 3.63) is 71.8 Å². The van der Waals surface area contributed by atoms with Crippen LogP contribution in [0, 0.1) is 0 Å². The number of benzene rings is 2. The van der Waals surface area contributed by atoms with Gasteiger partial charge in [-0.1, -0.05) is 62.4 Å². The van der Waals surface area contributed by atoms with Crippen molar-refractivity contribution in [2.24, 2.45) is 0 Å².